The third kappa shape index (κ3) is 1.50. The molecule has 0 aliphatic heterocycles. The molecule has 3 rings (SSSR count). The van der Waals surface area contributed by atoms with Crippen LogP contribution in [0.5, 0.6) is 0 Å². The van der Waals surface area contributed by atoms with E-state index in [0.717, 1.165) is 5.56 Å². The van der Waals surface area contributed by atoms with E-state index in [1.54, 1.807) is 6.08 Å². The minimum atomic E-state index is -0.544. The van der Waals surface area contributed by atoms with E-state index in [4.69, 9.17) is 4.74 Å². The summed E-state index contributed by atoms with van der Waals surface area (Å²) in [6.07, 6.45) is 2.40. The molecule has 0 unspecified atom stereocenters. The van der Waals surface area contributed by atoms with Crippen LogP contribution in [0.25, 0.3) is 0 Å². The van der Waals surface area contributed by atoms with E-state index >= 15 is 0 Å². The molecule has 2 bridgehead atoms. The molecule has 3 nitrogen and oxygen atoms in total. The fourth-order valence-electron chi connectivity index (χ4n) is 3.03. The standard InChI is InChI=1S/C15H14O3/c1-18-12-8-10-7-11(9-5-3-2-4-6-9)13(14(10)16)15(12)17/h2-6,8,10-11,13H,7H2,1H3/t10-,11+,13-/m1/s1. The first-order valence-electron chi connectivity index (χ1n) is 6.11. The van der Waals surface area contributed by atoms with Gasteiger partial charge in [0.05, 0.1) is 13.0 Å². The van der Waals surface area contributed by atoms with E-state index in [1.165, 1.54) is 7.11 Å². The number of benzene rings is 1. The van der Waals surface area contributed by atoms with Crippen LogP contribution in [0.15, 0.2) is 42.2 Å². The van der Waals surface area contributed by atoms with E-state index in [1.807, 2.05) is 30.3 Å². The Morgan fingerprint density at radius 1 is 1.17 bits per heavy atom. The Labute approximate surface area is 105 Å². The summed E-state index contributed by atoms with van der Waals surface area (Å²) in [6.45, 7) is 0. The lowest BCUT2D eigenvalue weighted by molar-refractivity contribution is -0.133. The SMILES string of the molecule is COC1=C[C@H]2C[C@@H](c3ccccc3)[C@@H](C1=O)C2=O. The molecular formula is C15H14O3. The van der Waals surface area contributed by atoms with E-state index in [2.05, 4.69) is 0 Å². The predicted octanol–water partition coefficient (Wildman–Crippen LogP) is 2.09. The Balaban J connectivity index is 2.00. The zero-order valence-electron chi connectivity index (χ0n) is 10.1. The molecule has 0 amide bonds. The number of carbonyl (C=O) groups excluding carboxylic acids is 2. The van der Waals surface area contributed by atoms with E-state index in [0.29, 0.717) is 12.2 Å². The lowest BCUT2D eigenvalue weighted by atomic mass is 9.84. The lowest BCUT2D eigenvalue weighted by Crippen LogP contribution is -2.30. The van der Waals surface area contributed by atoms with Crippen molar-refractivity contribution in [1.82, 2.24) is 0 Å². The smallest absolute Gasteiger partial charge is 0.208 e. The van der Waals surface area contributed by atoms with Gasteiger partial charge in [0, 0.05) is 11.8 Å². The maximum atomic E-state index is 12.2. The Morgan fingerprint density at radius 2 is 1.89 bits per heavy atom. The number of hydrogen-bond acceptors (Lipinski definition) is 3. The van der Waals surface area contributed by atoms with Crippen molar-refractivity contribution in [2.24, 2.45) is 11.8 Å². The summed E-state index contributed by atoms with van der Waals surface area (Å²) >= 11 is 0. The minimum Gasteiger partial charge on any atom is -0.493 e. The van der Waals surface area contributed by atoms with Gasteiger partial charge in [0.2, 0.25) is 5.78 Å². The molecule has 1 saturated carbocycles. The Morgan fingerprint density at radius 3 is 2.56 bits per heavy atom. The lowest BCUT2D eigenvalue weighted by Gasteiger charge is -2.19. The highest BCUT2D eigenvalue weighted by molar-refractivity contribution is 6.15. The van der Waals surface area contributed by atoms with E-state index in [-0.39, 0.29) is 23.4 Å². The second-order valence-electron chi connectivity index (χ2n) is 4.84. The van der Waals surface area contributed by atoms with Gasteiger partial charge in [-0.2, -0.15) is 0 Å². The van der Waals surface area contributed by atoms with Crippen molar-refractivity contribution < 1.29 is 14.3 Å². The van der Waals surface area contributed by atoms with Crippen molar-refractivity contribution in [3.8, 4) is 0 Å². The van der Waals surface area contributed by atoms with Crippen LogP contribution in [-0.2, 0) is 14.3 Å². The first kappa shape index (κ1) is 11.2. The van der Waals surface area contributed by atoms with Crippen LogP contribution in [-0.4, -0.2) is 18.7 Å². The number of ether oxygens (including phenoxy) is 1. The summed E-state index contributed by atoms with van der Waals surface area (Å²) in [4.78, 5) is 24.3. The predicted molar refractivity (Wildman–Crippen MR) is 65.9 cm³/mol. The summed E-state index contributed by atoms with van der Waals surface area (Å²) in [6, 6.07) is 9.79. The number of Topliss-reactive ketones (excluding diaryl/α,β-unsaturated/α-hetero) is 2. The molecule has 0 saturated heterocycles. The molecule has 1 aromatic carbocycles. The van der Waals surface area contributed by atoms with Crippen molar-refractivity contribution in [2.45, 2.75) is 12.3 Å². The summed E-state index contributed by atoms with van der Waals surface area (Å²) in [5.74, 6) is -0.465. The molecule has 0 radical (unpaired) electrons. The molecular weight excluding hydrogens is 228 g/mol. The normalized spacial score (nSPS) is 30.3. The Kier molecular flexibility index (Phi) is 2.54. The van der Waals surface area contributed by atoms with Crippen molar-refractivity contribution in [3.63, 3.8) is 0 Å². The number of allylic oxidation sites excluding steroid dienone is 2. The molecule has 0 aromatic heterocycles. The summed E-state index contributed by atoms with van der Waals surface area (Å²) in [5, 5.41) is 0. The number of carbonyl (C=O) groups is 2. The fraction of sp³-hybridized carbons (Fsp3) is 0.333. The van der Waals surface area contributed by atoms with Gasteiger partial charge in [-0.15, -0.1) is 0 Å². The minimum absolute atomic E-state index is 0.0000926. The first-order valence-corrected chi connectivity index (χ1v) is 6.11. The molecule has 2 aliphatic rings. The maximum absolute atomic E-state index is 12.2. The highest BCUT2D eigenvalue weighted by atomic mass is 16.5. The second kappa shape index (κ2) is 4.09. The Hall–Kier alpha value is -1.90. The number of ketones is 2. The van der Waals surface area contributed by atoms with Crippen molar-refractivity contribution in [3.05, 3.63) is 47.7 Å². The Bertz CT molecular complexity index is 530. The van der Waals surface area contributed by atoms with E-state index < -0.39 is 5.92 Å². The van der Waals surface area contributed by atoms with Crippen LogP contribution >= 0.6 is 0 Å². The molecule has 3 heteroatoms. The molecule has 1 aromatic rings. The van der Waals surface area contributed by atoms with Crippen molar-refractivity contribution >= 4 is 11.6 Å². The number of rotatable bonds is 2. The third-order valence-corrected chi connectivity index (χ3v) is 3.91. The molecule has 92 valence electrons. The van der Waals surface area contributed by atoms with Gasteiger partial charge in [-0.1, -0.05) is 30.3 Å². The van der Waals surface area contributed by atoms with Crippen LogP contribution in [0.4, 0.5) is 0 Å². The second-order valence-corrected chi connectivity index (χ2v) is 4.84. The zero-order valence-corrected chi connectivity index (χ0v) is 10.1. The highest BCUT2D eigenvalue weighted by Crippen LogP contribution is 2.45. The average molecular weight is 242 g/mol. The van der Waals surface area contributed by atoms with Crippen LogP contribution < -0.4 is 0 Å². The highest BCUT2D eigenvalue weighted by Gasteiger charge is 2.50. The quantitative estimate of drug-likeness (QED) is 0.746. The van der Waals surface area contributed by atoms with Crippen LogP contribution in [0.3, 0.4) is 0 Å². The molecule has 0 heterocycles. The summed E-state index contributed by atoms with van der Waals surface area (Å²) in [7, 11) is 1.48. The van der Waals surface area contributed by atoms with Gasteiger partial charge in [0.25, 0.3) is 0 Å². The van der Waals surface area contributed by atoms with Gasteiger partial charge in [-0.05, 0) is 18.1 Å². The number of hydrogen-bond donors (Lipinski definition) is 0. The van der Waals surface area contributed by atoms with Gasteiger partial charge in [0.1, 0.15) is 0 Å². The molecule has 1 fully saturated rings. The monoisotopic (exact) mass is 242 g/mol. The third-order valence-electron chi connectivity index (χ3n) is 3.91. The zero-order chi connectivity index (χ0) is 12.7. The van der Waals surface area contributed by atoms with Gasteiger partial charge in [0.15, 0.2) is 11.5 Å². The van der Waals surface area contributed by atoms with Crippen molar-refractivity contribution in [1.29, 1.82) is 0 Å². The van der Waals surface area contributed by atoms with Crippen LogP contribution in [0.1, 0.15) is 17.9 Å². The van der Waals surface area contributed by atoms with Gasteiger partial charge in [-0.25, -0.2) is 0 Å². The number of methoxy groups -OCH3 is 1. The van der Waals surface area contributed by atoms with Gasteiger partial charge in [-0.3, -0.25) is 9.59 Å². The van der Waals surface area contributed by atoms with Gasteiger partial charge >= 0.3 is 0 Å². The molecule has 18 heavy (non-hydrogen) atoms. The maximum Gasteiger partial charge on any atom is 0.208 e. The topological polar surface area (TPSA) is 43.4 Å². The molecule has 3 atom stereocenters. The summed E-state index contributed by atoms with van der Waals surface area (Å²) < 4.78 is 5.08. The molecule has 2 aliphatic carbocycles. The first-order chi connectivity index (χ1) is 8.72. The van der Waals surface area contributed by atoms with Crippen LogP contribution in [0, 0.1) is 11.8 Å². The van der Waals surface area contributed by atoms with Crippen molar-refractivity contribution in [2.75, 3.05) is 7.11 Å². The molecule has 0 N–H and O–H groups in total. The van der Waals surface area contributed by atoms with Crippen LogP contribution in [0.2, 0.25) is 0 Å². The van der Waals surface area contributed by atoms with E-state index in [9.17, 15) is 9.59 Å². The fourth-order valence-corrected chi connectivity index (χ4v) is 3.03. The van der Waals surface area contributed by atoms with Gasteiger partial charge < -0.3 is 4.74 Å². The number of fused-ring (bicyclic) bond motifs is 2. The average Bonchev–Trinajstić information content (AvgIpc) is 2.64. The molecule has 0 spiro atoms. The largest absolute Gasteiger partial charge is 0.493 e. The summed E-state index contributed by atoms with van der Waals surface area (Å²) in [5.41, 5.74) is 1.07.